The number of carbonyl (C=O) groups is 2. The van der Waals surface area contributed by atoms with E-state index in [2.05, 4.69) is 35.8 Å². The molecular weight excluding hydrogens is 571 g/mol. The van der Waals surface area contributed by atoms with E-state index in [9.17, 15) is 22.8 Å². The number of halogens is 3. The highest BCUT2D eigenvalue weighted by Gasteiger charge is 2.31. The van der Waals surface area contributed by atoms with E-state index < -0.39 is 18.0 Å². The number of anilines is 3. The summed E-state index contributed by atoms with van der Waals surface area (Å²) in [6, 6.07) is 16.3. The number of amides is 2. The van der Waals surface area contributed by atoms with Crippen molar-refractivity contribution in [2.24, 2.45) is 0 Å². The lowest BCUT2D eigenvalue weighted by Gasteiger charge is -2.16. The Bertz CT molecular complexity index is 1560. The van der Waals surface area contributed by atoms with Gasteiger partial charge in [-0.3, -0.25) is 9.59 Å². The number of carbonyl (C=O) groups excluding carboxylic acids is 2. The smallest absolute Gasteiger partial charge is 0.406 e. The van der Waals surface area contributed by atoms with Crippen LogP contribution in [0.4, 0.5) is 29.9 Å². The second-order valence-corrected chi connectivity index (χ2v) is 10.7. The van der Waals surface area contributed by atoms with Gasteiger partial charge in [0.2, 0.25) is 16.9 Å². The van der Waals surface area contributed by atoms with Crippen molar-refractivity contribution < 1.29 is 27.5 Å². The first kappa shape index (κ1) is 28.9. The lowest BCUT2D eigenvalue weighted by Crippen LogP contribution is -2.21. The molecule has 1 fully saturated rings. The average molecular weight is 598 g/mol. The minimum Gasteiger partial charge on any atom is -0.406 e. The Labute approximate surface area is 242 Å². The average Bonchev–Trinajstić information content (AvgIpc) is 3.60. The third-order valence-electron chi connectivity index (χ3n) is 6.58. The quantitative estimate of drug-likeness (QED) is 0.280. The van der Waals surface area contributed by atoms with Crippen LogP contribution < -0.4 is 20.3 Å². The van der Waals surface area contributed by atoms with Crippen molar-refractivity contribution in [2.45, 2.75) is 38.5 Å². The predicted molar refractivity (Wildman–Crippen MR) is 150 cm³/mol. The summed E-state index contributed by atoms with van der Waals surface area (Å²) in [6.07, 6.45) is -3.89. The van der Waals surface area contributed by atoms with Crippen molar-refractivity contribution in [1.82, 2.24) is 20.4 Å². The molecule has 1 aliphatic rings. The highest BCUT2D eigenvalue weighted by atomic mass is 32.1. The van der Waals surface area contributed by atoms with E-state index >= 15 is 0 Å². The molecule has 0 aliphatic carbocycles. The van der Waals surface area contributed by atoms with Gasteiger partial charge >= 0.3 is 6.36 Å². The predicted octanol–water partition coefficient (Wildman–Crippen LogP) is 4.89. The Morgan fingerprint density at radius 3 is 2.55 bits per heavy atom. The monoisotopic (exact) mass is 597 g/mol. The number of ether oxygens (including phenoxy) is 1. The summed E-state index contributed by atoms with van der Waals surface area (Å²) in [7, 11) is 0. The van der Waals surface area contributed by atoms with Gasteiger partial charge in [0.15, 0.2) is 11.6 Å². The number of rotatable bonds is 9. The zero-order valence-corrected chi connectivity index (χ0v) is 23.2. The van der Waals surface area contributed by atoms with E-state index in [1.54, 1.807) is 12.1 Å². The van der Waals surface area contributed by atoms with Crippen molar-refractivity contribution in [3.8, 4) is 5.75 Å². The third-order valence-corrected chi connectivity index (χ3v) is 7.58. The van der Waals surface area contributed by atoms with Crippen molar-refractivity contribution in [2.75, 3.05) is 28.6 Å². The molecular formula is C28H26F3N7O3S. The van der Waals surface area contributed by atoms with Gasteiger partial charge in [-0.1, -0.05) is 47.7 Å². The molecule has 14 heteroatoms. The molecule has 218 valence electrons. The minimum absolute atomic E-state index is 0.114. The Hall–Kier alpha value is -4.59. The van der Waals surface area contributed by atoms with Crippen LogP contribution in [0.15, 0.2) is 60.7 Å². The van der Waals surface area contributed by atoms with Gasteiger partial charge in [0.25, 0.3) is 0 Å². The van der Waals surface area contributed by atoms with Gasteiger partial charge in [-0.05, 0) is 54.3 Å². The van der Waals surface area contributed by atoms with Crippen LogP contribution in [-0.4, -0.2) is 51.7 Å². The molecule has 2 amide bonds. The summed E-state index contributed by atoms with van der Waals surface area (Å²) < 4.78 is 41.2. The molecule has 0 radical (unpaired) electrons. The van der Waals surface area contributed by atoms with E-state index in [4.69, 9.17) is 0 Å². The van der Waals surface area contributed by atoms with Crippen LogP contribution in [0.1, 0.15) is 34.0 Å². The van der Waals surface area contributed by atoms with Crippen molar-refractivity contribution in [3.05, 3.63) is 82.4 Å². The number of hydrogen-bond donors (Lipinski definition) is 2. The van der Waals surface area contributed by atoms with Crippen molar-refractivity contribution in [3.63, 3.8) is 0 Å². The van der Waals surface area contributed by atoms with Crippen LogP contribution in [0, 0.1) is 6.92 Å². The van der Waals surface area contributed by atoms with E-state index in [1.165, 1.54) is 23.5 Å². The molecule has 5 rings (SSSR count). The number of alkyl halides is 3. The third kappa shape index (κ3) is 7.78. The van der Waals surface area contributed by atoms with E-state index in [1.807, 2.05) is 36.1 Å². The van der Waals surface area contributed by atoms with Gasteiger partial charge in [0, 0.05) is 19.0 Å². The molecule has 1 atom stereocenters. The van der Waals surface area contributed by atoms with Crippen LogP contribution >= 0.6 is 11.3 Å². The minimum atomic E-state index is -4.81. The summed E-state index contributed by atoms with van der Waals surface area (Å²) >= 11 is 1.36. The van der Waals surface area contributed by atoms with Crippen LogP contribution in [0.25, 0.3) is 0 Å². The standard InChI is InChI=1S/C28H26F3N7O3S/c1-17-5-2-3-7-19(17)15-25(40)33-27-37-36-26(42-27)20-11-12-38(16-20)23-10-9-22(34-35-23)32-24(39)14-18-6-4-8-21(13-18)41-28(29,30)31/h2-10,13,20H,11-12,14-16H2,1H3,(H,32,34,39)(H,33,37,40). The maximum Gasteiger partial charge on any atom is 0.573 e. The topological polar surface area (TPSA) is 122 Å². The molecule has 2 N–H and O–H groups in total. The molecule has 1 aliphatic heterocycles. The van der Waals surface area contributed by atoms with Gasteiger partial charge in [-0.2, -0.15) is 0 Å². The number of aromatic nitrogens is 4. The molecule has 42 heavy (non-hydrogen) atoms. The molecule has 1 unspecified atom stereocenters. The Morgan fingerprint density at radius 1 is 0.976 bits per heavy atom. The first-order chi connectivity index (χ1) is 20.1. The lowest BCUT2D eigenvalue weighted by molar-refractivity contribution is -0.274. The summed E-state index contributed by atoms with van der Waals surface area (Å²) in [6.45, 7) is 3.33. The number of nitrogens with zero attached hydrogens (tertiary/aromatic N) is 5. The summed E-state index contributed by atoms with van der Waals surface area (Å²) in [5.74, 6) is -0.0375. The summed E-state index contributed by atoms with van der Waals surface area (Å²) in [5.41, 5.74) is 2.37. The zero-order chi connectivity index (χ0) is 29.7. The van der Waals surface area contributed by atoms with Crippen LogP contribution in [0.2, 0.25) is 0 Å². The highest BCUT2D eigenvalue weighted by molar-refractivity contribution is 7.15. The molecule has 3 heterocycles. The van der Waals surface area contributed by atoms with E-state index in [0.717, 1.165) is 41.2 Å². The largest absolute Gasteiger partial charge is 0.573 e. The number of hydrogen-bond acceptors (Lipinski definition) is 9. The maximum absolute atomic E-state index is 12.5. The molecule has 0 saturated carbocycles. The normalized spacial score (nSPS) is 15.0. The molecule has 4 aromatic rings. The summed E-state index contributed by atoms with van der Waals surface area (Å²) in [4.78, 5) is 26.9. The fourth-order valence-corrected chi connectivity index (χ4v) is 5.44. The first-order valence-corrected chi connectivity index (χ1v) is 13.8. The number of benzene rings is 2. The highest BCUT2D eigenvalue weighted by Crippen LogP contribution is 2.33. The fraction of sp³-hybridized carbons (Fsp3) is 0.286. The van der Waals surface area contributed by atoms with E-state index in [-0.39, 0.29) is 30.5 Å². The Kier molecular flexibility index (Phi) is 8.61. The van der Waals surface area contributed by atoms with Gasteiger partial charge in [0.05, 0.1) is 12.8 Å². The van der Waals surface area contributed by atoms with Gasteiger partial charge in [-0.25, -0.2) is 0 Å². The van der Waals surface area contributed by atoms with Crippen LogP contribution in [0.3, 0.4) is 0 Å². The Balaban J connectivity index is 1.11. The van der Waals surface area contributed by atoms with Gasteiger partial charge < -0.3 is 20.3 Å². The number of aryl methyl sites for hydroxylation is 1. The Morgan fingerprint density at radius 2 is 1.79 bits per heavy atom. The fourth-order valence-electron chi connectivity index (χ4n) is 4.55. The van der Waals surface area contributed by atoms with E-state index in [0.29, 0.717) is 23.1 Å². The number of nitrogens with one attached hydrogen (secondary N) is 2. The maximum atomic E-state index is 12.5. The molecule has 2 aromatic heterocycles. The summed E-state index contributed by atoms with van der Waals surface area (Å²) in [5, 5.41) is 23.5. The molecule has 0 spiro atoms. The van der Waals surface area contributed by atoms with Gasteiger partial charge in [-0.15, -0.1) is 33.6 Å². The van der Waals surface area contributed by atoms with Crippen molar-refractivity contribution in [1.29, 1.82) is 0 Å². The molecule has 0 bridgehead atoms. The second kappa shape index (κ2) is 12.5. The molecule has 10 nitrogen and oxygen atoms in total. The van der Waals surface area contributed by atoms with Crippen LogP contribution in [0.5, 0.6) is 5.75 Å². The van der Waals surface area contributed by atoms with Gasteiger partial charge in [0.1, 0.15) is 10.8 Å². The molecule has 2 aromatic carbocycles. The zero-order valence-electron chi connectivity index (χ0n) is 22.4. The van der Waals surface area contributed by atoms with Crippen molar-refractivity contribution >= 4 is 39.9 Å². The first-order valence-electron chi connectivity index (χ1n) is 13.0. The second-order valence-electron chi connectivity index (χ2n) is 9.73. The SMILES string of the molecule is Cc1ccccc1CC(=O)Nc1nnc(C2CCN(c3ccc(NC(=O)Cc4cccc(OC(F)(F)F)c4)nn3)C2)s1. The van der Waals surface area contributed by atoms with Crippen LogP contribution in [-0.2, 0) is 22.4 Å². The lowest BCUT2D eigenvalue weighted by atomic mass is 10.1. The molecule has 1 saturated heterocycles.